The van der Waals surface area contributed by atoms with Crippen molar-refractivity contribution in [1.82, 2.24) is 14.8 Å². The number of carboxylic acid groups (broad SMARTS) is 1. The van der Waals surface area contributed by atoms with Crippen molar-refractivity contribution in [3.8, 4) is 0 Å². The molecule has 0 atom stereocenters. The van der Waals surface area contributed by atoms with Gasteiger partial charge in [0.1, 0.15) is 12.1 Å². The predicted octanol–water partition coefficient (Wildman–Crippen LogP) is 0.540. The first-order valence-corrected chi connectivity index (χ1v) is 5.35. The summed E-state index contributed by atoms with van der Waals surface area (Å²) in [5, 5.41) is 16.4. The minimum Gasteiger partial charge on any atom is -0.477 e. The summed E-state index contributed by atoms with van der Waals surface area (Å²) in [7, 11) is 0. The molecule has 0 bridgehead atoms. The maximum Gasteiger partial charge on any atom is 0.341 e. The van der Waals surface area contributed by atoms with Gasteiger partial charge in [0.05, 0.1) is 0 Å². The molecule has 2 heterocycles. The number of carbonyl (C=O) groups is 1. The second-order valence-electron chi connectivity index (χ2n) is 3.60. The number of nitrogens with zero attached hydrogens (tertiary/aromatic N) is 3. The van der Waals surface area contributed by atoms with E-state index >= 15 is 0 Å². The van der Waals surface area contributed by atoms with E-state index in [-0.39, 0.29) is 18.0 Å². The zero-order chi connectivity index (χ0) is 13.1. The second-order valence-corrected chi connectivity index (χ2v) is 3.60. The first kappa shape index (κ1) is 12.0. The monoisotopic (exact) mass is 249 g/mol. The Hall–Kier alpha value is -2.44. The topological polar surface area (TPSA) is 98.2 Å². The zero-order valence-electron chi connectivity index (χ0n) is 9.66. The lowest BCUT2D eigenvalue weighted by atomic mass is 10.3. The van der Waals surface area contributed by atoms with Crippen LogP contribution < -0.4 is 5.56 Å². The minimum absolute atomic E-state index is 0.0625. The molecular weight excluding hydrogens is 238 g/mol. The highest BCUT2D eigenvalue weighted by Crippen LogP contribution is 2.02. The molecule has 18 heavy (non-hydrogen) atoms. The van der Waals surface area contributed by atoms with E-state index in [0.29, 0.717) is 12.3 Å². The zero-order valence-corrected chi connectivity index (χ0v) is 9.66. The van der Waals surface area contributed by atoms with Crippen LogP contribution in [0.2, 0.25) is 0 Å². The van der Waals surface area contributed by atoms with Gasteiger partial charge in [0.15, 0.2) is 0 Å². The van der Waals surface area contributed by atoms with Crippen LogP contribution in [0, 0.1) is 0 Å². The van der Waals surface area contributed by atoms with E-state index in [1.165, 1.54) is 22.9 Å². The van der Waals surface area contributed by atoms with Crippen LogP contribution in [0.4, 0.5) is 0 Å². The molecule has 0 radical (unpaired) electrons. The molecule has 0 fully saturated rings. The standard InChI is InChI=1S/C11H11N3O4/c1-2-8-12-13-9(18-8)6-14-5-3-4-7(10(14)15)11(16)17/h3-5H,2,6H2,1H3,(H,16,17). The quantitative estimate of drug-likeness (QED) is 0.849. The van der Waals surface area contributed by atoms with E-state index in [4.69, 9.17) is 9.52 Å². The number of aromatic nitrogens is 3. The Labute approximate surface area is 102 Å². The van der Waals surface area contributed by atoms with Crippen molar-refractivity contribution in [1.29, 1.82) is 0 Å². The van der Waals surface area contributed by atoms with E-state index in [9.17, 15) is 9.59 Å². The Morgan fingerprint density at radius 2 is 2.17 bits per heavy atom. The number of pyridine rings is 1. The Kier molecular flexibility index (Phi) is 3.22. The summed E-state index contributed by atoms with van der Waals surface area (Å²) >= 11 is 0. The lowest BCUT2D eigenvalue weighted by molar-refractivity contribution is 0.0694. The molecule has 0 unspecified atom stereocenters. The minimum atomic E-state index is -1.26. The third-order valence-corrected chi connectivity index (χ3v) is 2.37. The van der Waals surface area contributed by atoms with Crippen molar-refractivity contribution in [2.75, 3.05) is 0 Å². The largest absolute Gasteiger partial charge is 0.477 e. The van der Waals surface area contributed by atoms with Crippen molar-refractivity contribution in [2.24, 2.45) is 0 Å². The molecule has 2 aromatic heterocycles. The average molecular weight is 249 g/mol. The number of aromatic carboxylic acids is 1. The average Bonchev–Trinajstić information content (AvgIpc) is 2.79. The van der Waals surface area contributed by atoms with Crippen molar-refractivity contribution in [3.63, 3.8) is 0 Å². The molecule has 2 aromatic rings. The maximum atomic E-state index is 11.8. The Morgan fingerprint density at radius 3 is 2.78 bits per heavy atom. The van der Waals surface area contributed by atoms with Gasteiger partial charge in [0.2, 0.25) is 11.8 Å². The summed E-state index contributed by atoms with van der Waals surface area (Å²) in [5.74, 6) is -0.502. The van der Waals surface area contributed by atoms with E-state index in [2.05, 4.69) is 10.2 Å². The Bertz CT molecular complexity index is 629. The summed E-state index contributed by atoms with van der Waals surface area (Å²) in [6, 6.07) is 2.74. The SMILES string of the molecule is CCc1nnc(Cn2cccc(C(=O)O)c2=O)o1. The van der Waals surface area contributed by atoms with Crippen LogP contribution in [0.1, 0.15) is 29.1 Å². The smallest absolute Gasteiger partial charge is 0.341 e. The van der Waals surface area contributed by atoms with E-state index in [1.54, 1.807) is 0 Å². The first-order chi connectivity index (χ1) is 8.61. The fourth-order valence-electron chi connectivity index (χ4n) is 1.46. The molecule has 7 nitrogen and oxygen atoms in total. The molecule has 0 aromatic carbocycles. The van der Waals surface area contributed by atoms with Gasteiger partial charge in [-0.2, -0.15) is 0 Å². The molecule has 0 spiro atoms. The van der Waals surface area contributed by atoms with Gasteiger partial charge in [0.25, 0.3) is 5.56 Å². The third kappa shape index (κ3) is 2.29. The molecule has 7 heteroatoms. The van der Waals surface area contributed by atoms with Gasteiger partial charge in [0, 0.05) is 12.6 Å². The van der Waals surface area contributed by atoms with Gasteiger partial charge < -0.3 is 14.1 Å². The molecule has 94 valence electrons. The molecule has 0 aliphatic carbocycles. The first-order valence-electron chi connectivity index (χ1n) is 5.35. The summed E-state index contributed by atoms with van der Waals surface area (Å²) < 4.78 is 6.48. The van der Waals surface area contributed by atoms with Crippen LogP contribution in [0.5, 0.6) is 0 Å². The summed E-state index contributed by atoms with van der Waals surface area (Å²) in [5.41, 5.74) is -0.881. The van der Waals surface area contributed by atoms with Gasteiger partial charge in [-0.1, -0.05) is 6.92 Å². The van der Waals surface area contributed by atoms with Crippen LogP contribution >= 0.6 is 0 Å². The van der Waals surface area contributed by atoms with Crippen LogP contribution in [0.25, 0.3) is 0 Å². The number of carboxylic acids is 1. The maximum absolute atomic E-state index is 11.8. The highest BCUT2D eigenvalue weighted by atomic mass is 16.4. The van der Waals surface area contributed by atoms with Gasteiger partial charge >= 0.3 is 5.97 Å². The Balaban J connectivity index is 2.32. The normalized spacial score (nSPS) is 10.5. The van der Waals surface area contributed by atoms with Gasteiger partial charge in [-0.15, -0.1) is 10.2 Å². The van der Waals surface area contributed by atoms with Crippen molar-refractivity contribution < 1.29 is 14.3 Å². The lowest BCUT2D eigenvalue weighted by Gasteiger charge is -2.02. The highest BCUT2D eigenvalue weighted by Gasteiger charge is 2.12. The molecule has 0 amide bonds. The molecule has 0 aliphatic heterocycles. The van der Waals surface area contributed by atoms with Crippen LogP contribution in [-0.2, 0) is 13.0 Å². The lowest BCUT2D eigenvalue weighted by Crippen LogP contribution is -2.26. The number of hydrogen-bond acceptors (Lipinski definition) is 5. The van der Waals surface area contributed by atoms with Crippen molar-refractivity contribution in [2.45, 2.75) is 19.9 Å². The third-order valence-electron chi connectivity index (χ3n) is 2.37. The van der Waals surface area contributed by atoms with Gasteiger partial charge in [-0.05, 0) is 12.1 Å². The van der Waals surface area contributed by atoms with Crippen LogP contribution in [0.3, 0.4) is 0 Å². The molecule has 0 saturated heterocycles. The summed E-state index contributed by atoms with van der Waals surface area (Å²) in [6.45, 7) is 1.93. The molecule has 0 aliphatic rings. The predicted molar refractivity (Wildman–Crippen MR) is 60.4 cm³/mol. The fourth-order valence-corrected chi connectivity index (χ4v) is 1.46. The highest BCUT2D eigenvalue weighted by molar-refractivity contribution is 5.86. The molecule has 0 saturated carbocycles. The summed E-state index contributed by atoms with van der Waals surface area (Å²) in [4.78, 5) is 22.6. The molecule has 1 N–H and O–H groups in total. The summed E-state index contributed by atoms with van der Waals surface area (Å²) in [6.07, 6.45) is 2.08. The van der Waals surface area contributed by atoms with Crippen LogP contribution in [0.15, 0.2) is 27.5 Å². The molecular formula is C11H11N3O4. The van der Waals surface area contributed by atoms with Crippen molar-refractivity contribution >= 4 is 5.97 Å². The number of rotatable bonds is 4. The van der Waals surface area contributed by atoms with E-state index in [0.717, 1.165) is 0 Å². The molecule has 2 rings (SSSR count). The van der Waals surface area contributed by atoms with Gasteiger partial charge in [-0.25, -0.2) is 4.79 Å². The number of hydrogen-bond donors (Lipinski definition) is 1. The number of aryl methyl sites for hydroxylation is 1. The fraction of sp³-hybridized carbons (Fsp3) is 0.273. The Morgan fingerprint density at radius 1 is 1.44 bits per heavy atom. The van der Waals surface area contributed by atoms with Gasteiger partial charge in [-0.3, -0.25) is 4.79 Å². The van der Waals surface area contributed by atoms with Crippen molar-refractivity contribution in [3.05, 3.63) is 46.0 Å². The van der Waals surface area contributed by atoms with E-state index in [1.807, 2.05) is 6.92 Å². The van der Waals surface area contributed by atoms with E-state index < -0.39 is 11.5 Å². The second kappa shape index (κ2) is 4.82. The van der Waals surface area contributed by atoms with Crippen LogP contribution in [-0.4, -0.2) is 25.8 Å².